The van der Waals surface area contributed by atoms with E-state index in [-0.39, 0.29) is 6.04 Å². The second kappa shape index (κ2) is 7.92. The van der Waals surface area contributed by atoms with Crippen molar-refractivity contribution in [1.29, 1.82) is 0 Å². The zero-order chi connectivity index (χ0) is 24.3. The number of H-pyrrole nitrogens is 1. The Hall–Kier alpha value is -3.24. The molecular formula is C23H28F2N6O3. The minimum atomic E-state index is -3.12. The number of amides is 2. The maximum atomic E-state index is 14.2. The van der Waals surface area contributed by atoms with E-state index >= 15 is 0 Å². The molecule has 182 valence electrons. The molecule has 2 saturated heterocycles. The van der Waals surface area contributed by atoms with E-state index in [0.29, 0.717) is 25.9 Å². The summed E-state index contributed by atoms with van der Waals surface area (Å²) in [6, 6.07) is 0.857. The number of hydrogen-bond donors (Lipinski definition) is 1. The lowest BCUT2D eigenvalue weighted by molar-refractivity contribution is -0.137. The van der Waals surface area contributed by atoms with Crippen LogP contribution in [-0.2, 0) is 9.53 Å². The summed E-state index contributed by atoms with van der Waals surface area (Å²) >= 11 is 0. The number of aromatic nitrogens is 4. The van der Waals surface area contributed by atoms with E-state index in [4.69, 9.17) is 4.74 Å². The number of nitrogens with zero attached hydrogens (tertiary/aromatic N) is 5. The van der Waals surface area contributed by atoms with Crippen molar-refractivity contribution in [3.05, 3.63) is 24.8 Å². The fourth-order valence-corrected chi connectivity index (χ4v) is 4.93. The molecule has 0 aliphatic carbocycles. The lowest BCUT2D eigenvalue weighted by Gasteiger charge is -2.36. The standard InChI is InChI=1S/C23H28F2N6O3/c1-22(2,3)34-21(33)30-12-23(24,25)10-17(30)20(32)29-8-5-14(6-9-29)31-13-28-16-11-27-19-15(18(16)31)4-7-26-19/h4,7,11,13-14,17H,5-6,8-10,12H2,1-3H3,(H,26,27). The zero-order valence-corrected chi connectivity index (χ0v) is 19.4. The number of likely N-dealkylation sites (tertiary alicyclic amines) is 2. The van der Waals surface area contributed by atoms with Gasteiger partial charge in [-0.1, -0.05) is 0 Å². The van der Waals surface area contributed by atoms with Crippen LogP contribution >= 0.6 is 0 Å². The van der Waals surface area contributed by atoms with Crippen molar-refractivity contribution in [2.75, 3.05) is 19.6 Å². The number of imidazole rings is 1. The number of alkyl halides is 2. The van der Waals surface area contributed by atoms with Crippen LogP contribution in [0.1, 0.15) is 46.1 Å². The van der Waals surface area contributed by atoms with Crippen LogP contribution in [0.25, 0.3) is 22.1 Å². The molecule has 3 aromatic heterocycles. The number of carbonyl (C=O) groups excluding carboxylic acids is 2. The van der Waals surface area contributed by atoms with Crippen LogP contribution in [0.5, 0.6) is 0 Å². The Balaban J connectivity index is 1.31. The van der Waals surface area contributed by atoms with Gasteiger partial charge in [-0.25, -0.2) is 23.5 Å². The summed E-state index contributed by atoms with van der Waals surface area (Å²) < 4.78 is 35.8. The average molecular weight is 475 g/mol. The van der Waals surface area contributed by atoms with Gasteiger partial charge >= 0.3 is 6.09 Å². The Morgan fingerprint density at radius 3 is 2.65 bits per heavy atom. The molecule has 1 atom stereocenters. The van der Waals surface area contributed by atoms with Crippen molar-refractivity contribution in [1.82, 2.24) is 29.3 Å². The molecule has 0 bridgehead atoms. The molecule has 2 amide bonds. The number of carbonyl (C=O) groups is 2. The SMILES string of the molecule is CC(C)(C)OC(=O)N1CC(F)(F)CC1C(=O)N1CCC(n2cnc3cnc4[nH]ccc4c32)CC1. The molecule has 5 heterocycles. The first-order valence-electron chi connectivity index (χ1n) is 11.5. The van der Waals surface area contributed by atoms with E-state index in [9.17, 15) is 18.4 Å². The van der Waals surface area contributed by atoms with Gasteiger partial charge in [0.15, 0.2) is 0 Å². The van der Waals surface area contributed by atoms with Gasteiger partial charge in [0.25, 0.3) is 5.92 Å². The van der Waals surface area contributed by atoms with Gasteiger partial charge in [-0.05, 0) is 39.7 Å². The van der Waals surface area contributed by atoms with Gasteiger partial charge in [-0.2, -0.15) is 0 Å². The first kappa shape index (κ1) is 22.5. The average Bonchev–Trinajstić information content (AvgIpc) is 3.47. The predicted octanol–water partition coefficient (Wildman–Crippen LogP) is 3.72. The van der Waals surface area contributed by atoms with Crippen LogP contribution in [-0.4, -0.2) is 78.5 Å². The lowest BCUT2D eigenvalue weighted by atomic mass is 10.0. The fraction of sp³-hybridized carbons (Fsp3) is 0.565. The van der Waals surface area contributed by atoms with Crippen molar-refractivity contribution < 1.29 is 23.1 Å². The Morgan fingerprint density at radius 1 is 1.21 bits per heavy atom. The van der Waals surface area contributed by atoms with Gasteiger partial charge in [0.1, 0.15) is 22.8 Å². The quantitative estimate of drug-likeness (QED) is 0.611. The van der Waals surface area contributed by atoms with Gasteiger partial charge in [0.2, 0.25) is 5.91 Å². The van der Waals surface area contributed by atoms with Crippen LogP contribution in [0.3, 0.4) is 0 Å². The molecule has 9 nitrogen and oxygen atoms in total. The summed E-state index contributed by atoms with van der Waals surface area (Å²) in [5.41, 5.74) is 1.73. The highest BCUT2D eigenvalue weighted by atomic mass is 19.3. The molecule has 1 unspecified atom stereocenters. The van der Waals surface area contributed by atoms with Gasteiger partial charge in [-0.15, -0.1) is 0 Å². The number of nitrogens with one attached hydrogen (secondary N) is 1. The first-order valence-corrected chi connectivity index (χ1v) is 11.5. The minimum Gasteiger partial charge on any atom is -0.444 e. The number of halogens is 2. The third kappa shape index (κ3) is 4.07. The normalized spacial score (nSPS) is 21.5. The fourth-order valence-electron chi connectivity index (χ4n) is 4.93. The van der Waals surface area contributed by atoms with E-state index in [1.54, 1.807) is 38.2 Å². The van der Waals surface area contributed by atoms with Crippen LogP contribution in [0.2, 0.25) is 0 Å². The van der Waals surface area contributed by atoms with Crippen molar-refractivity contribution in [2.45, 2.75) is 63.6 Å². The molecule has 2 fully saturated rings. The minimum absolute atomic E-state index is 0.113. The predicted molar refractivity (Wildman–Crippen MR) is 121 cm³/mol. The smallest absolute Gasteiger partial charge is 0.411 e. The Morgan fingerprint density at radius 2 is 1.94 bits per heavy atom. The Labute approximate surface area is 195 Å². The maximum absolute atomic E-state index is 14.2. The number of pyridine rings is 1. The van der Waals surface area contributed by atoms with Crippen LogP contribution in [0, 0.1) is 0 Å². The summed E-state index contributed by atoms with van der Waals surface area (Å²) in [4.78, 5) is 40.2. The molecule has 3 aromatic rings. The highest BCUT2D eigenvalue weighted by Gasteiger charge is 2.52. The highest BCUT2D eigenvalue weighted by molar-refractivity contribution is 6.01. The van der Waals surface area contributed by atoms with Crippen LogP contribution in [0.4, 0.5) is 13.6 Å². The number of aromatic amines is 1. The molecule has 0 saturated carbocycles. The topological polar surface area (TPSA) is 96.3 Å². The van der Waals surface area contributed by atoms with Gasteiger partial charge in [-0.3, -0.25) is 9.69 Å². The lowest BCUT2D eigenvalue weighted by Crippen LogP contribution is -2.51. The third-order valence-corrected chi connectivity index (χ3v) is 6.47. The summed E-state index contributed by atoms with van der Waals surface area (Å²) in [6.45, 7) is 5.01. The molecule has 2 aliphatic heterocycles. The summed E-state index contributed by atoms with van der Waals surface area (Å²) in [7, 11) is 0. The molecule has 5 rings (SSSR count). The van der Waals surface area contributed by atoms with Gasteiger partial charge in [0, 0.05) is 37.1 Å². The largest absolute Gasteiger partial charge is 0.444 e. The van der Waals surface area contributed by atoms with Gasteiger partial charge in [0.05, 0.1) is 24.6 Å². The second-order valence-corrected chi connectivity index (χ2v) is 10.1. The molecule has 1 N–H and O–H groups in total. The molecule has 2 aliphatic rings. The van der Waals surface area contributed by atoms with Crippen LogP contribution in [0.15, 0.2) is 24.8 Å². The van der Waals surface area contributed by atoms with Crippen molar-refractivity contribution in [2.24, 2.45) is 0 Å². The number of fused-ring (bicyclic) bond motifs is 3. The number of rotatable bonds is 2. The van der Waals surface area contributed by atoms with E-state index in [0.717, 1.165) is 27.0 Å². The van der Waals surface area contributed by atoms with E-state index in [1.807, 2.05) is 12.3 Å². The van der Waals surface area contributed by atoms with E-state index in [2.05, 4.69) is 19.5 Å². The monoisotopic (exact) mass is 474 g/mol. The number of piperidine rings is 1. The van der Waals surface area contributed by atoms with Gasteiger partial charge < -0.3 is 19.2 Å². The second-order valence-electron chi connectivity index (χ2n) is 10.1. The maximum Gasteiger partial charge on any atom is 0.411 e. The third-order valence-electron chi connectivity index (χ3n) is 6.47. The molecule has 34 heavy (non-hydrogen) atoms. The molecule has 0 aromatic carbocycles. The number of ether oxygens (including phenoxy) is 1. The van der Waals surface area contributed by atoms with Crippen molar-refractivity contribution in [3.8, 4) is 0 Å². The summed E-state index contributed by atoms with van der Waals surface area (Å²) in [5, 5.41) is 0.981. The summed E-state index contributed by atoms with van der Waals surface area (Å²) in [5.74, 6) is -3.57. The molecule has 0 radical (unpaired) electrons. The van der Waals surface area contributed by atoms with Crippen molar-refractivity contribution in [3.63, 3.8) is 0 Å². The summed E-state index contributed by atoms with van der Waals surface area (Å²) in [6.07, 6.45) is 5.10. The van der Waals surface area contributed by atoms with E-state index < -0.39 is 42.5 Å². The molecule has 11 heteroatoms. The highest BCUT2D eigenvalue weighted by Crippen LogP contribution is 2.35. The Kier molecular flexibility index (Phi) is 5.25. The molecule has 0 spiro atoms. The zero-order valence-electron chi connectivity index (χ0n) is 19.4. The van der Waals surface area contributed by atoms with Crippen LogP contribution < -0.4 is 0 Å². The van der Waals surface area contributed by atoms with Crippen molar-refractivity contribution >= 4 is 34.1 Å². The first-order chi connectivity index (χ1) is 16.0. The number of hydrogen-bond acceptors (Lipinski definition) is 5. The Bertz CT molecular complexity index is 1240. The van der Waals surface area contributed by atoms with E-state index in [1.165, 1.54) is 0 Å². The molecular weight excluding hydrogens is 446 g/mol.